The molecule has 0 aromatic carbocycles. The molecule has 3 nitrogen and oxygen atoms in total. The van der Waals surface area contributed by atoms with Crippen LogP contribution in [0.4, 0.5) is 8.78 Å². The molecule has 1 fully saturated rings. The molecule has 1 rings (SSSR count). The summed E-state index contributed by atoms with van der Waals surface area (Å²) in [6, 6.07) is 0. The zero-order valence-electron chi connectivity index (χ0n) is 8.99. The molecule has 1 aliphatic heterocycles. The van der Waals surface area contributed by atoms with Crippen molar-refractivity contribution in [3.63, 3.8) is 0 Å². The lowest BCUT2D eigenvalue weighted by Crippen LogP contribution is -2.43. The fraction of sp³-hybridized carbons (Fsp3) is 1.00. The highest BCUT2D eigenvalue weighted by atomic mass is 32.2. The fourth-order valence-electron chi connectivity index (χ4n) is 1.86. The summed E-state index contributed by atoms with van der Waals surface area (Å²) < 4.78 is 48.0. The lowest BCUT2D eigenvalue weighted by molar-refractivity contribution is 0.185. The first kappa shape index (κ1) is 12.8. The standard InChI is InChI=1S/C9H17F2NO2S/c1-7(2)8-4-3-5-12(6-8)15(13,14)9(10)11/h7-9H,3-6H2,1-2H3/t8-/m1/s1. The van der Waals surface area contributed by atoms with E-state index in [0.717, 1.165) is 10.7 Å². The highest BCUT2D eigenvalue weighted by molar-refractivity contribution is 7.89. The summed E-state index contributed by atoms with van der Waals surface area (Å²) >= 11 is 0. The van der Waals surface area contributed by atoms with E-state index in [-0.39, 0.29) is 19.0 Å². The normalized spacial score (nSPS) is 25.1. The first-order valence-electron chi connectivity index (χ1n) is 5.13. The second-order valence-corrected chi connectivity index (χ2v) is 6.21. The van der Waals surface area contributed by atoms with E-state index in [1.165, 1.54) is 0 Å². The molecule has 0 saturated carbocycles. The Labute approximate surface area is 89.5 Å². The second kappa shape index (κ2) is 4.74. The maximum absolute atomic E-state index is 12.3. The highest BCUT2D eigenvalue weighted by Gasteiger charge is 2.35. The van der Waals surface area contributed by atoms with E-state index in [2.05, 4.69) is 0 Å². The number of hydrogen-bond donors (Lipinski definition) is 0. The van der Waals surface area contributed by atoms with Gasteiger partial charge in [0.25, 0.3) is 10.0 Å². The number of hydrogen-bond acceptors (Lipinski definition) is 2. The predicted molar refractivity (Wildman–Crippen MR) is 54.1 cm³/mol. The fourth-order valence-corrected chi connectivity index (χ4v) is 2.87. The SMILES string of the molecule is CC(C)[C@@H]1CCCN(S(=O)(=O)C(F)F)C1. The Hall–Kier alpha value is -0.230. The van der Waals surface area contributed by atoms with Crippen LogP contribution in [0.3, 0.4) is 0 Å². The van der Waals surface area contributed by atoms with Crippen LogP contribution in [0.2, 0.25) is 0 Å². The van der Waals surface area contributed by atoms with E-state index in [4.69, 9.17) is 0 Å². The van der Waals surface area contributed by atoms with Gasteiger partial charge in [0.2, 0.25) is 0 Å². The molecule has 0 spiro atoms. The molecule has 1 heterocycles. The van der Waals surface area contributed by atoms with Gasteiger partial charge in [-0.05, 0) is 24.7 Å². The maximum Gasteiger partial charge on any atom is 0.350 e. The maximum atomic E-state index is 12.3. The van der Waals surface area contributed by atoms with Crippen LogP contribution in [0.1, 0.15) is 26.7 Å². The van der Waals surface area contributed by atoms with Crippen molar-refractivity contribution < 1.29 is 17.2 Å². The molecule has 0 N–H and O–H groups in total. The summed E-state index contributed by atoms with van der Waals surface area (Å²) in [5.74, 6) is -2.75. The molecule has 6 heteroatoms. The molecule has 0 radical (unpaired) electrons. The van der Waals surface area contributed by atoms with Gasteiger partial charge in [0.15, 0.2) is 0 Å². The van der Waals surface area contributed by atoms with E-state index in [0.29, 0.717) is 12.3 Å². The molecule has 0 aromatic rings. The Morgan fingerprint density at radius 3 is 2.40 bits per heavy atom. The number of nitrogens with zero attached hydrogens (tertiary/aromatic N) is 1. The minimum absolute atomic E-state index is 0.201. The predicted octanol–water partition coefficient (Wildman–Crippen LogP) is 1.91. The van der Waals surface area contributed by atoms with Gasteiger partial charge in [0, 0.05) is 13.1 Å². The number of alkyl halides is 2. The van der Waals surface area contributed by atoms with Crippen molar-refractivity contribution >= 4 is 10.0 Å². The molecule has 0 aliphatic carbocycles. The summed E-state index contributed by atoms with van der Waals surface area (Å²) in [5.41, 5.74) is 0. The van der Waals surface area contributed by atoms with E-state index >= 15 is 0 Å². The van der Waals surface area contributed by atoms with Crippen LogP contribution in [0.25, 0.3) is 0 Å². The zero-order chi connectivity index (χ0) is 11.6. The Bertz CT molecular complexity index is 303. The lowest BCUT2D eigenvalue weighted by atomic mass is 9.89. The molecule has 15 heavy (non-hydrogen) atoms. The largest absolute Gasteiger partial charge is 0.350 e. The molecular formula is C9H17F2NO2S. The summed E-state index contributed by atoms with van der Waals surface area (Å²) in [7, 11) is -4.37. The minimum Gasteiger partial charge on any atom is -0.206 e. The van der Waals surface area contributed by atoms with Gasteiger partial charge in [-0.15, -0.1) is 0 Å². The molecule has 0 unspecified atom stereocenters. The number of piperidine rings is 1. The van der Waals surface area contributed by atoms with Crippen LogP contribution < -0.4 is 0 Å². The van der Waals surface area contributed by atoms with Crippen molar-refractivity contribution in [2.24, 2.45) is 11.8 Å². The molecule has 0 aromatic heterocycles. The highest BCUT2D eigenvalue weighted by Crippen LogP contribution is 2.26. The minimum atomic E-state index is -4.37. The quantitative estimate of drug-likeness (QED) is 0.757. The Morgan fingerprint density at radius 1 is 1.33 bits per heavy atom. The number of halogens is 2. The molecule has 1 aliphatic rings. The summed E-state index contributed by atoms with van der Waals surface area (Å²) in [6.45, 7) is 4.45. The number of rotatable bonds is 3. The van der Waals surface area contributed by atoms with Crippen LogP contribution in [0.5, 0.6) is 0 Å². The average Bonchev–Trinajstić information content (AvgIpc) is 2.17. The van der Waals surface area contributed by atoms with E-state index in [1.807, 2.05) is 13.8 Å². The van der Waals surface area contributed by atoms with Crippen LogP contribution >= 0.6 is 0 Å². The van der Waals surface area contributed by atoms with Crippen molar-refractivity contribution in [3.8, 4) is 0 Å². The molecule has 1 saturated heterocycles. The van der Waals surface area contributed by atoms with Gasteiger partial charge >= 0.3 is 5.76 Å². The van der Waals surface area contributed by atoms with Gasteiger partial charge in [0.1, 0.15) is 0 Å². The monoisotopic (exact) mass is 241 g/mol. The smallest absolute Gasteiger partial charge is 0.206 e. The van der Waals surface area contributed by atoms with E-state index in [9.17, 15) is 17.2 Å². The van der Waals surface area contributed by atoms with Crippen LogP contribution in [-0.2, 0) is 10.0 Å². The van der Waals surface area contributed by atoms with Gasteiger partial charge in [-0.1, -0.05) is 13.8 Å². The first-order valence-corrected chi connectivity index (χ1v) is 6.63. The summed E-state index contributed by atoms with van der Waals surface area (Å²) in [4.78, 5) is 0. The van der Waals surface area contributed by atoms with Gasteiger partial charge in [-0.25, -0.2) is 8.42 Å². The van der Waals surface area contributed by atoms with Crippen molar-refractivity contribution in [1.29, 1.82) is 0 Å². The van der Waals surface area contributed by atoms with Gasteiger partial charge in [-0.2, -0.15) is 13.1 Å². The third kappa shape index (κ3) is 2.87. The van der Waals surface area contributed by atoms with Crippen molar-refractivity contribution in [2.75, 3.05) is 13.1 Å². The topological polar surface area (TPSA) is 37.4 Å². The lowest BCUT2D eigenvalue weighted by Gasteiger charge is -2.33. The first-order chi connectivity index (χ1) is 6.85. The van der Waals surface area contributed by atoms with Crippen molar-refractivity contribution in [1.82, 2.24) is 4.31 Å². The van der Waals surface area contributed by atoms with Gasteiger partial charge < -0.3 is 0 Å². The average molecular weight is 241 g/mol. The molecular weight excluding hydrogens is 224 g/mol. The molecule has 0 amide bonds. The van der Waals surface area contributed by atoms with Crippen LogP contribution in [-0.4, -0.2) is 31.6 Å². The third-order valence-corrected chi connectivity index (χ3v) is 4.45. The Kier molecular flexibility index (Phi) is 4.06. The Balaban J connectivity index is 2.72. The second-order valence-electron chi connectivity index (χ2n) is 4.31. The molecule has 1 atom stereocenters. The molecule has 90 valence electrons. The summed E-state index contributed by atoms with van der Waals surface area (Å²) in [6.07, 6.45) is 1.60. The van der Waals surface area contributed by atoms with Gasteiger partial charge in [0.05, 0.1) is 0 Å². The van der Waals surface area contributed by atoms with E-state index < -0.39 is 15.8 Å². The van der Waals surface area contributed by atoms with Crippen molar-refractivity contribution in [3.05, 3.63) is 0 Å². The summed E-state index contributed by atoms with van der Waals surface area (Å²) in [5, 5.41) is 0. The Morgan fingerprint density at radius 2 is 1.93 bits per heavy atom. The number of sulfonamides is 1. The van der Waals surface area contributed by atoms with Crippen molar-refractivity contribution in [2.45, 2.75) is 32.4 Å². The van der Waals surface area contributed by atoms with Crippen LogP contribution in [0.15, 0.2) is 0 Å². The van der Waals surface area contributed by atoms with Crippen LogP contribution in [0, 0.1) is 11.8 Å². The van der Waals surface area contributed by atoms with Gasteiger partial charge in [-0.3, -0.25) is 0 Å². The third-order valence-electron chi connectivity index (χ3n) is 2.95. The molecule has 0 bridgehead atoms. The zero-order valence-corrected chi connectivity index (χ0v) is 9.80. The van der Waals surface area contributed by atoms with E-state index in [1.54, 1.807) is 0 Å².